The van der Waals surface area contributed by atoms with Gasteiger partial charge in [-0.3, -0.25) is 19.6 Å². The molecule has 0 saturated carbocycles. The Hall–Kier alpha value is -2.71. The maximum atomic E-state index is 12.0. The van der Waals surface area contributed by atoms with E-state index in [4.69, 9.17) is 28.2 Å². The number of nitrogens with zero attached hydrogens (tertiary/aromatic N) is 5. The number of likely N-dealkylation sites (tertiary alicyclic amines) is 1. The number of aryl methyl sites for hydroxylation is 2. The van der Waals surface area contributed by atoms with Crippen LogP contribution in [0.15, 0.2) is 48.8 Å². The number of fused-ring (bicyclic) bond motifs is 2. The van der Waals surface area contributed by atoms with Crippen LogP contribution >= 0.6 is 23.2 Å². The molecule has 6 rings (SSSR count). The highest BCUT2D eigenvalue weighted by Crippen LogP contribution is 2.39. The third kappa shape index (κ3) is 5.70. The minimum atomic E-state index is -0.177. The van der Waals surface area contributed by atoms with Crippen LogP contribution in [0, 0.1) is 0 Å². The molecule has 0 bridgehead atoms. The fourth-order valence-corrected chi connectivity index (χ4v) is 7.55. The van der Waals surface area contributed by atoms with Gasteiger partial charge in [0, 0.05) is 69.3 Å². The highest BCUT2D eigenvalue weighted by Gasteiger charge is 2.37. The molecule has 2 aromatic heterocycles. The average molecular weight is 594 g/mol. The maximum Gasteiger partial charge on any atom is 0.252 e. The van der Waals surface area contributed by atoms with Crippen LogP contribution in [0.4, 0.5) is 5.82 Å². The summed E-state index contributed by atoms with van der Waals surface area (Å²) in [6.07, 6.45) is 8.90. The monoisotopic (exact) mass is 592 g/mol. The molecule has 216 valence electrons. The van der Waals surface area contributed by atoms with Crippen molar-refractivity contribution in [3.05, 3.63) is 86.8 Å². The number of piperazine rings is 1. The highest BCUT2D eigenvalue weighted by molar-refractivity contribution is 6.33. The minimum Gasteiger partial charge on any atom is -0.355 e. The van der Waals surface area contributed by atoms with Crippen molar-refractivity contribution in [3.8, 4) is 0 Å². The Balaban J connectivity index is 1.16. The van der Waals surface area contributed by atoms with Gasteiger partial charge >= 0.3 is 0 Å². The number of hydrogen-bond acceptors (Lipinski definition) is 6. The molecule has 1 N–H and O–H groups in total. The molecule has 2 fully saturated rings. The molecule has 9 heteroatoms. The third-order valence-electron chi connectivity index (χ3n) is 9.19. The molecule has 0 spiro atoms. The summed E-state index contributed by atoms with van der Waals surface area (Å²) in [4.78, 5) is 29.2. The SMILES string of the molecule is CC[C@H]1CN(c2ncc(C(=O)NC)cc2Cl)CCN1C1CCN(C2c3ccc(Cl)cc3CCc3cccnc32)CC1. The van der Waals surface area contributed by atoms with Crippen molar-refractivity contribution >= 4 is 34.9 Å². The average Bonchev–Trinajstić information content (AvgIpc) is 3.17. The number of carbonyl (C=O) groups excluding carboxylic acids is 1. The fraction of sp³-hybridized carbons (Fsp3) is 0.469. The second-order valence-electron chi connectivity index (χ2n) is 11.4. The van der Waals surface area contributed by atoms with Crippen molar-refractivity contribution in [3.63, 3.8) is 0 Å². The minimum absolute atomic E-state index is 0.173. The smallest absolute Gasteiger partial charge is 0.252 e. The van der Waals surface area contributed by atoms with Crippen LogP contribution in [-0.4, -0.2) is 77.5 Å². The van der Waals surface area contributed by atoms with E-state index < -0.39 is 0 Å². The summed E-state index contributed by atoms with van der Waals surface area (Å²) < 4.78 is 0. The number of amides is 1. The summed E-state index contributed by atoms with van der Waals surface area (Å²) in [6, 6.07) is 13.6. The van der Waals surface area contributed by atoms with E-state index in [1.54, 1.807) is 19.3 Å². The molecule has 1 aromatic carbocycles. The van der Waals surface area contributed by atoms with Crippen LogP contribution in [0.1, 0.15) is 65.0 Å². The quantitative estimate of drug-likeness (QED) is 0.428. The summed E-state index contributed by atoms with van der Waals surface area (Å²) in [7, 11) is 1.61. The summed E-state index contributed by atoms with van der Waals surface area (Å²) in [5, 5.41) is 3.97. The van der Waals surface area contributed by atoms with Gasteiger partial charge in [0.25, 0.3) is 5.91 Å². The van der Waals surface area contributed by atoms with Gasteiger partial charge in [-0.15, -0.1) is 0 Å². The van der Waals surface area contributed by atoms with Crippen molar-refractivity contribution in [2.75, 3.05) is 44.7 Å². The molecule has 41 heavy (non-hydrogen) atoms. The lowest BCUT2D eigenvalue weighted by atomic mass is 9.92. The Morgan fingerprint density at radius 1 is 1.02 bits per heavy atom. The number of rotatable bonds is 5. The molecule has 7 nitrogen and oxygen atoms in total. The van der Waals surface area contributed by atoms with Crippen molar-refractivity contribution in [2.45, 2.75) is 57.2 Å². The van der Waals surface area contributed by atoms with E-state index in [0.29, 0.717) is 22.7 Å². The first kappa shape index (κ1) is 28.4. The topological polar surface area (TPSA) is 64.6 Å². The van der Waals surface area contributed by atoms with Gasteiger partial charge < -0.3 is 10.2 Å². The van der Waals surface area contributed by atoms with Crippen LogP contribution in [0.25, 0.3) is 0 Å². The number of carbonyl (C=O) groups is 1. The Bertz CT molecular complexity index is 1410. The molecule has 1 aliphatic carbocycles. The van der Waals surface area contributed by atoms with E-state index in [1.807, 2.05) is 12.3 Å². The normalized spacial score (nSPS) is 22.1. The summed E-state index contributed by atoms with van der Waals surface area (Å²) in [5.74, 6) is 0.592. The van der Waals surface area contributed by atoms with E-state index in [9.17, 15) is 4.79 Å². The number of halogens is 2. The zero-order chi connectivity index (χ0) is 28.5. The number of anilines is 1. The van der Waals surface area contributed by atoms with E-state index in [-0.39, 0.29) is 11.9 Å². The number of nitrogens with one attached hydrogen (secondary N) is 1. The zero-order valence-electron chi connectivity index (χ0n) is 23.8. The lowest BCUT2D eigenvalue weighted by molar-refractivity contribution is 0.0538. The van der Waals surface area contributed by atoms with Gasteiger partial charge in [-0.25, -0.2) is 4.98 Å². The summed E-state index contributed by atoms with van der Waals surface area (Å²) >= 11 is 13.0. The molecule has 2 saturated heterocycles. The lowest BCUT2D eigenvalue weighted by Crippen LogP contribution is -2.58. The molecule has 1 amide bonds. The predicted molar refractivity (Wildman–Crippen MR) is 165 cm³/mol. The number of benzene rings is 1. The van der Waals surface area contributed by atoms with Crippen LogP contribution in [0.2, 0.25) is 10.0 Å². The Morgan fingerprint density at radius 3 is 2.59 bits per heavy atom. The van der Waals surface area contributed by atoms with Gasteiger partial charge in [0.15, 0.2) is 0 Å². The molecule has 2 atom stereocenters. The van der Waals surface area contributed by atoms with E-state index >= 15 is 0 Å². The first-order valence-electron chi connectivity index (χ1n) is 14.8. The molecule has 3 aliphatic rings. The van der Waals surface area contributed by atoms with Crippen molar-refractivity contribution in [1.82, 2.24) is 25.1 Å². The number of pyridine rings is 2. The van der Waals surface area contributed by atoms with Crippen LogP contribution < -0.4 is 10.2 Å². The summed E-state index contributed by atoms with van der Waals surface area (Å²) in [5.41, 5.74) is 5.75. The Kier molecular flexibility index (Phi) is 8.50. The number of hydrogen-bond donors (Lipinski definition) is 1. The van der Waals surface area contributed by atoms with Gasteiger partial charge in [0.05, 0.1) is 22.3 Å². The first-order valence-corrected chi connectivity index (χ1v) is 15.6. The molecule has 0 radical (unpaired) electrons. The van der Waals surface area contributed by atoms with Gasteiger partial charge in [0.2, 0.25) is 0 Å². The molecule has 3 aromatic rings. The van der Waals surface area contributed by atoms with Crippen LogP contribution in [0.5, 0.6) is 0 Å². The molecular formula is C32H38Cl2N6O. The molecule has 1 unspecified atom stereocenters. The summed E-state index contributed by atoms with van der Waals surface area (Å²) in [6.45, 7) is 7.09. The van der Waals surface area contributed by atoms with E-state index in [0.717, 1.165) is 75.7 Å². The lowest BCUT2D eigenvalue weighted by Gasteiger charge is -2.48. The van der Waals surface area contributed by atoms with Crippen molar-refractivity contribution in [2.24, 2.45) is 0 Å². The third-order valence-corrected chi connectivity index (χ3v) is 9.70. The van der Waals surface area contributed by atoms with E-state index in [1.165, 1.54) is 22.4 Å². The largest absolute Gasteiger partial charge is 0.355 e. The van der Waals surface area contributed by atoms with Crippen molar-refractivity contribution < 1.29 is 4.79 Å². The Labute approximate surface area is 252 Å². The first-order chi connectivity index (χ1) is 20.0. The predicted octanol–water partition coefficient (Wildman–Crippen LogP) is 5.40. The van der Waals surface area contributed by atoms with Gasteiger partial charge in [-0.2, -0.15) is 0 Å². The van der Waals surface area contributed by atoms with Gasteiger partial charge in [-0.05, 0) is 73.1 Å². The highest BCUT2D eigenvalue weighted by atomic mass is 35.5. The van der Waals surface area contributed by atoms with Crippen LogP contribution in [-0.2, 0) is 12.8 Å². The van der Waals surface area contributed by atoms with Gasteiger partial charge in [0.1, 0.15) is 5.82 Å². The second kappa shape index (κ2) is 12.3. The van der Waals surface area contributed by atoms with E-state index in [2.05, 4.69) is 56.2 Å². The van der Waals surface area contributed by atoms with Crippen molar-refractivity contribution in [1.29, 1.82) is 0 Å². The second-order valence-corrected chi connectivity index (χ2v) is 12.3. The number of piperidine rings is 1. The standard InChI is InChI=1S/C32H38Cl2N6O/c1-3-25-20-39(31-28(34)18-23(19-37-31)32(41)35-2)15-16-40(25)26-10-13-38(14-11-26)30-27-9-8-24(33)17-22(27)7-6-21-5-4-12-36-29(21)30/h4-5,8-9,12,17-19,25-26,30H,3,6-7,10-11,13-16,20H2,1-2H3,(H,35,41)/t25-,30?/m0/s1. The van der Waals surface area contributed by atoms with Gasteiger partial charge in [-0.1, -0.05) is 42.3 Å². The molecule has 4 heterocycles. The van der Waals surface area contributed by atoms with Crippen LogP contribution in [0.3, 0.4) is 0 Å². The molecular weight excluding hydrogens is 555 g/mol. The number of aromatic nitrogens is 2. The maximum absolute atomic E-state index is 12.0. The zero-order valence-corrected chi connectivity index (χ0v) is 25.3. The molecule has 2 aliphatic heterocycles. The fourth-order valence-electron chi connectivity index (χ4n) is 7.07. The Morgan fingerprint density at radius 2 is 1.83 bits per heavy atom.